The maximum absolute atomic E-state index is 11.3. The van der Waals surface area contributed by atoms with Crippen LogP contribution in [0.2, 0.25) is 0 Å². The predicted octanol–water partition coefficient (Wildman–Crippen LogP) is 1.67. The molecule has 0 atom stereocenters. The topological polar surface area (TPSA) is 29.5 Å². The fourth-order valence-corrected chi connectivity index (χ4v) is 3.15. The first-order chi connectivity index (χ1) is 7.17. The van der Waals surface area contributed by atoms with Gasteiger partial charge in [0.05, 0.1) is 6.61 Å². The Bertz CT molecular complexity index is 238. The zero-order valence-electron chi connectivity index (χ0n) is 9.79. The Morgan fingerprint density at radius 1 is 1.40 bits per heavy atom. The van der Waals surface area contributed by atoms with Crippen molar-refractivity contribution in [3.05, 3.63) is 0 Å². The largest absolute Gasteiger partial charge is 0.466 e. The summed E-state index contributed by atoms with van der Waals surface area (Å²) in [4.78, 5) is 13.7. The molecule has 0 aromatic rings. The van der Waals surface area contributed by atoms with Crippen molar-refractivity contribution in [2.24, 2.45) is 11.3 Å². The van der Waals surface area contributed by atoms with Crippen LogP contribution in [0.15, 0.2) is 0 Å². The van der Waals surface area contributed by atoms with E-state index < -0.39 is 0 Å². The third kappa shape index (κ3) is 2.17. The number of nitrogens with zero attached hydrogens (tertiary/aromatic N) is 1. The van der Waals surface area contributed by atoms with Crippen LogP contribution in [-0.2, 0) is 9.53 Å². The van der Waals surface area contributed by atoms with Gasteiger partial charge in [0, 0.05) is 19.5 Å². The smallest absolute Gasteiger partial charge is 0.306 e. The van der Waals surface area contributed by atoms with Crippen LogP contribution in [-0.4, -0.2) is 37.1 Å². The van der Waals surface area contributed by atoms with Gasteiger partial charge in [-0.1, -0.05) is 6.92 Å². The summed E-state index contributed by atoms with van der Waals surface area (Å²) in [5.74, 6) is 0.590. The fourth-order valence-electron chi connectivity index (χ4n) is 3.15. The van der Waals surface area contributed by atoms with Crippen molar-refractivity contribution in [1.82, 2.24) is 4.90 Å². The molecule has 3 heteroatoms. The molecule has 0 unspecified atom stereocenters. The van der Waals surface area contributed by atoms with Crippen molar-refractivity contribution in [2.75, 3.05) is 26.2 Å². The van der Waals surface area contributed by atoms with Gasteiger partial charge < -0.3 is 9.64 Å². The van der Waals surface area contributed by atoms with Gasteiger partial charge in [0.15, 0.2) is 0 Å². The zero-order chi connectivity index (χ0) is 10.9. The number of carbonyl (C=O) groups is 1. The van der Waals surface area contributed by atoms with Crippen molar-refractivity contribution in [2.45, 2.75) is 33.1 Å². The highest BCUT2D eigenvalue weighted by molar-refractivity contribution is 5.69. The SMILES string of the molecule is CCOC(=O)CC1CC2(C1)CN(CC)C2. The normalized spacial score (nSPS) is 24.7. The minimum atomic E-state index is -0.0102. The number of ether oxygens (including phenoxy) is 1. The molecule has 0 bridgehead atoms. The summed E-state index contributed by atoms with van der Waals surface area (Å²) in [6.45, 7) is 8.27. The highest BCUT2D eigenvalue weighted by Gasteiger charge is 2.51. The molecule has 3 nitrogen and oxygen atoms in total. The zero-order valence-corrected chi connectivity index (χ0v) is 9.79. The van der Waals surface area contributed by atoms with E-state index in [1.807, 2.05) is 6.92 Å². The van der Waals surface area contributed by atoms with Gasteiger partial charge in [-0.25, -0.2) is 0 Å². The van der Waals surface area contributed by atoms with Gasteiger partial charge in [-0.15, -0.1) is 0 Å². The summed E-state index contributed by atoms with van der Waals surface area (Å²) in [5, 5.41) is 0. The molecular formula is C12H21NO2. The monoisotopic (exact) mass is 211 g/mol. The Balaban J connectivity index is 1.64. The molecule has 1 spiro atoms. The van der Waals surface area contributed by atoms with E-state index in [4.69, 9.17) is 4.74 Å². The van der Waals surface area contributed by atoms with Gasteiger partial charge in [0.2, 0.25) is 0 Å². The highest BCUT2D eigenvalue weighted by Crippen LogP contribution is 2.52. The molecule has 1 heterocycles. The lowest BCUT2D eigenvalue weighted by molar-refractivity contribution is -0.150. The molecule has 2 rings (SSSR count). The number of carbonyl (C=O) groups excluding carboxylic acids is 1. The standard InChI is InChI=1S/C12H21NO2/c1-3-13-8-12(9-13)6-10(7-12)5-11(14)15-4-2/h10H,3-9H2,1-2H3. The van der Waals surface area contributed by atoms with Crippen molar-refractivity contribution < 1.29 is 9.53 Å². The highest BCUT2D eigenvalue weighted by atomic mass is 16.5. The van der Waals surface area contributed by atoms with Gasteiger partial charge in [-0.3, -0.25) is 4.79 Å². The molecule has 2 aliphatic rings. The summed E-state index contributed by atoms with van der Waals surface area (Å²) in [5.41, 5.74) is 0.590. The van der Waals surface area contributed by atoms with Crippen LogP contribution in [0, 0.1) is 11.3 Å². The Morgan fingerprint density at radius 2 is 2.07 bits per heavy atom. The molecule has 1 saturated carbocycles. The minimum Gasteiger partial charge on any atom is -0.466 e. The van der Waals surface area contributed by atoms with Crippen molar-refractivity contribution >= 4 is 5.97 Å². The molecule has 15 heavy (non-hydrogen) atoms. The number of hydrogen-bond donors (Lipinski definition) is 0. The molecule has 0 radical (unpaired) electrons. The van der Waals surface area contributed by atoms with E-state index in [0.717, 1.165) is 0 Å². The van der Waals surface area contributed by atoms with Crippen LogP contribution in [0.25, 0.3) is 0 Å². The number of likely N-dealkylation sites (tertiary alicyclic amines) is 1. The van der Waals surface area contributed by atoms with E-state index in [1.54, 1.807) is 0 Å². The van der Waals surface area contributed by atoms with Crippen LogP contribution in [0.1, 0.15) is 33.1 Å². The van der Waals surface area contributed by atoms with Gasteiger partial charge in [-0.05, 0) is 37.6 Å². The predicted molar refractivity (Wildman–Crippen MR) is 58.5 cm³/mol. The minimum absolute atomic E-state index is 0.0102. The molecular weight excluding hydrogens is 190 g/mol. The molecule has 1 aliphatic heterocycles. The summed E-state index contributed by atoms with van der Waals surface area (Å²) < 4.78 is 4.96. The van der Waals surface area contributed by atoms with Gasteiger partial charge in [0.1, 0.15) is 0 Å². The molecule has 2 fully saturated rings. The molecule has 0 N–H and O–H groups in total. The quantitative estimate of drug-likeness (QED) is 0.662. The second-order valence-electron chi connectivity index (χ2n) is 5.09. The average Bonchev–Trinajstić information content (AvgIpc) is 2.07. The van der Waals surface area contributed by atoms with E-state index >= 15 is 0 Å². The molecule has 86 valence electrons. The molecule has 0 aromatic carbocycles. The van der Waals surface area contributed by atoms with Crippen LogP contribution in [0.3, 0.4) is 0 Å². The molecule has 0 amide bonds. The van der Waals surface area contributed by atoms with E-state index in [1.165, 1.54) is 32.5 Å². The number of esters is 1. The van der Waals surface area contributed by atoms with E-state index in [-0.39, 0.29) is 5.97 Å². The van der Waals surface area contributed by atoms with Crippen molar-refractivity contribution in [1.29, 1.82) is 0 Å². The van der Waals surface area contributed by atoms with E-state index in [2.05, 4.69) is 11.8 Å². The maximum atomic E-state index is 11.3. The van der Waals surface area contributed by atoms with E-state index in [0.29, 0.717) is 24.4 Å². The van der Waals surface area contributed by atoms with Gasteiger partial charge in [0.25, 0.3) is 0 Å². The third-order valence-electron chi connectivity index (χ3n) is 3.77. The first-order valence-corrected chi connectivity index (χ1v) is 6.05. The average molecular weight is 211 g/mol. The Labute approximate surface area is 91.8 Å². The third-order valence-corrected chi connectivity index (χ3v) is 3.77. The fraction of sp³-hybridized carbons (Fsp3) is 0.917. The van der Waals surface area contributed by atoms with Crippen LogP contribution >= 0.6 is 0 Å². The Kier molecular flexibility index (Phi) is 3.01. The second kappa shape index (κ2) is 4.12. The lowest BCUT2D eigenvalue weighted by Gasteiger charge is -2.59. The van der Waals surface area contributed by atoms with Crippen LogP contribution in [0.5, 0.6) is 0 Å². The van der Waals surface area contributed by atoms with Crippen LogP contribution in [0.4, 0.5) is 0 Å². The van der Waals surface area contributed by atoms with Crippen LogP contribution < -0.4 is 0 Å². The number of rotatable bonds is 4. The summed E-state index contributed by atoms with van der Waals surface area (Å²) in [7, 11) is 0. The van der Waals surface area contributed by atoms with Gasteiger partial charge in [-0.2, -0.15) is 0 Å². The Hall–Kier alpha value is -0.570. The first-order valence-electron chi connectivity index (χ1n) is 6.05. The van der Waals surface area contributed by atoms with Gasteiger partial charge >= 0.3 is 5.97 Å². The summed E-state index contributed by atoms with van der Waals surface area (Å²) in [6, 6.07) is 0. The second-order valence-corrected chi connectivity index (χ2v) is 5.09. The lowest BCUT2D eigenvalue weighted by Crippen LogP contribution is -2.62. The molecule has 0 aromatic heterocycles. The summed E-state index contributed by atoms with van der Waals surface area (Å²) in [6.07, 6.45) is 3.12. The molecule has 1 saturated heterocycles. The van der Waals surface area contributed by atoms with Crippen molar-refractivity contribution in [3.8, 4) is 0 Å². The maximum Gasteiger partial charge on any atom is 0.306 e. The van der Waals surface area contributed by atoms with Crippen molar-refractivity contribution in [3.63, 3.8) is 0 Å². The number of hydrogen-bond acceptors (Lipinski definition) is 3. The Morgan fingerprint density at radius 3 is 2.60 bits per heavy atom. The summed E-state index contributed by atoms with van der Waals surface area (Å²) >= 11 is 0. The first kappa shape index (κ1) is 10.9. The lowest BCUT2D eigenvalue weighted by atomic mass is 9.57. The molecule has 1 aliphatic carbocycles. The van der Waals surface area contributed by atoms with E-state index in [9.17, 15) is 4.79 Å².